The third-order valence-corrected chi connectivity index (χ3v) is 3.35. The van der Waals surface area contributed by atoms with Gasteiger partial charge in [-0.15, -0.1) is 11.8 Å². The van der Waals surface area contributed by atoms with Gasteiger partial charge in [-0.05, 0) is 31.6 Å². The highest BCUT2D eigenvalue weighted by Gasteiger charge is 2.19. The zero-order valence-electron chi connectivity index (χ0n) is 9.85. The molecule has 0 aromatic rings. The van der Waals surface area contributed by atoms with Gasteiger partial charge in [-0.1, -0.05) is 0 Å². The smallest absolute Gasteiger partial charge is 0.305 e. The monoisotopic (exact) mass is 247 g/mol. The molecule has 0 aliphatic carbocycles. The van der Waals surface area contributed by atoms with Crippen LogP contribution in [0.4, 0.5) is 0 Å². The summed E-state index contributed by atoms with van der Waals surface area (Å²) < 4.78 is 5.40. The molecule has 0 bridgehead atoms. The highest BCUT2D eigenvalue weighted by molar-refractivity contribution is 7.98. The molecule has 94 valence electrons. The highest BCUT2D eigenvalue weighted by Crippen LogP contribution is 2.18. The Hall–Kier alpha value is -0.260. The molecule has 1 fully saturated rings. The van der Waals surface area contributed by atoms with Gasteiger partial charge in [-0.2, -0.15) is 0 Å². The first-order valence-corrected chi connectivity index (χ1v) is 7.12. The highest BCUT2D eigenvalue weighted by atomic mass is 32.2. The van der Waals surface area contributed by atoms with E-state index in [0.717, 1.165) is 12.4 Å². The van der Waals surface area contributed by atoms with Gasteiger partial charge in [0.25, 0.3) is 0 Å². The molecule has 0 unspecified atom stereocenters. The van der Waals surface area contributed by atoms with Crippen molar-refractivity contribution in [3.63, 3.8) is 0 Å². The third-order valence-electron chi connectivity index (χ3n) is 2.73. The minimum Gasteiger partial charge on any atom is -0.481 e. The zero-order valence-corrected chi connectivity index (χ0v) is 10.7. The van der Waals surface area contributed by atoms with Gasteiger partial charge in [0.2, 0.25) is 0 Å². The number of aliphatic carboxylic acids is 1. The van der Waals surface area contributed by atoms with Crippen LogP contribution in [0.1, 0.15) is 19.3 Å². The van der Waals surface area contributed by atoms with Crippen molar-refractivity contribution in [2.75, 3.05) is 38.4 Å². The van der Waals surface area contributed by atoms with Gasteiger partial charge in [0.15, 0.2) is 0 Å². The van der Waals surface area contributed by atoms with Gasteiger partial charge >= 0.3 is 5.97 Å². The lowest BCUT2D eigenvalue weighted by atomic mass is 10.00. The third kappa shape index (κ3) is 5.72. The largest absolute Gasteiger partial charge is 0.481 e. The molecule has 1 rings (SSSR count). The van der Waals surface area contributed by atoms with Crippen molar-refractivity contribution in [2.24, 2.45) is 5.92 Å². The Morgan fingerprint density at radius 2 is 2.44 bits per heavy atom. The van der Waals surface area contributed by atoms with Crippen LogP contribution >= 0.6 is 11.8 Å². The summed E-state index contributed by atoms with van der Waals surface area (Å²) in [6.45, 7) is 3.33. The molecule has 5 heteroatoms. The van der Waals surface area contributed by atoms with Crippen molar-refractivity contribution in [2.45, 2.75) is 19.3 Å². The number of ether oxygens (including phenoxy) is 1. The summed E-state index contributed by atoms with van der Waals surface area (Å²) in [6.07, 6.45) is 4.67. The van der Waals surface area contributed by atoms with E-state index < -0.39 is 5.97 Å². The van der Waals surface area contributed by atoms with E-state index in [9.17, 15) is 4.79 Å². The van der Waals surface area contributed by atoms with Crippen LogP contribution in [0.5, 0.6) is 0 Å². The average molecular weight is 247 g/mol. The lowest BCUT2D eigenvalue weighted by molar-refractivity contribution is -0.138. The van der Waals surface area contributed by atoms with E-state index in [1.807, 2.05) is 11.8 Å². The normalized spacial score (nSPS) is 22.2. The topological polar surface area (TPSA) is 49.8 Å². The minimum absolute atomic E-state index is 0.112. The van der Waals surface area contributed by atoms with E-state index >= 15 is 0 Å². The molecule has 1 saturated heterocycles. The number of thioether (sulfide) groups is 1. The van der Waals surface area contributed by atoms with Crippen molar-refractivity contribution < 1.29 is 14.6 Å². The lowest BCUT2D eigenvalue weighted by Crippen LogP contribution is -2.36. The number of rotatable bonds is 7. The first-order valence-electron chi connectivity index (χ1n) is 5.73. The summed E-state index contributed by atoms with van der Waals surface area (Å²) >= 11 is 1.85. The number of likely N-dealkylation sites (tertiary alicyclic amines) is 1. The number of nitrogens with zero attached hydrogens (tertiary/aromatic N) is 1. The van der Waals surface area contributed by atoms with Crippen LogP contribution in [0.15, 0.2) is 0 Å². The van der Waals surface area contributed by atoms with E-state index in [1.165, 1.54) is 19.4 Å². The Balaban J connectivity index is 2.09. The summed E-state index contributed by atoms with van der Waals surface area (Å²) in [6, 6.07) is 0. The SMILES string of the molecule is CSCN1CCC[C@H](COCCC(=O)O)C1. The fourth-order valence-corrected chi connectivity index (χ4v) is 2.60. The number of carboxylic acids is 1. The Morgan fingerprint density at radius 3 is 3.12 bits per heavy atom. The molecular weight excluding hydrogens is 226 g/mol. The Morgan fingerprint density at radius 1 is 1.62 bits per heavy atom. The molecule has 16 heavy (non-hydrogen) atoms. The number of hydrogen-bond donors (Lipinski definition) is 1. The van der Waals surface area contributed by atoms with Gasteiger partial charge in [0.1, 0.15) is 0 Å². The van der Waals surface area contributed by atoms with Crippen molar-refractivity contribution in [1.29, 1.82) is 0 Å². The maximum absolute atomic E-state index is 10.3. The van der Waals surface area contributed by atoms with Crippen molar-refractivity contribution in [3.8, 4) is 0 Å². The van der Waals surface area contributed by atoms with Crippen LogP contribution in [0, 0.1) is 5.92 Å². The number of piperidine rings is 1. The summed E-state index contributed by atoms with van der Waals surface area (Å²) in [5, 5.41) is 8.47. The molecule has 0 aromatic carbocycles. The van der Waals surface area contributed by atoms with Crippen LogP contribution in [0.2, 0.25) is 0 Å². The van der Waals surface area contributed by atoms with Gasteiger partial charge in [-0.25, -0.2) is 0 Å². The predicted molar refractivity (Wildman–Crippen MR) is 65.8 cm³/mol. The fourth-order valence-electron chi connectivity index (χ4n) is 2.00. The molecule has 1 heterocycles. The molecule has 1 aliphatic heterocycles. The molecule has 0 spiro atoms. The number of carboxylic acid groups (broad SMARTS) is 1. The molecule has 0 saturated carbocycles. The summed E-state index contributed by atoms with van der Waals surface area (Å²) in [5.41, 5.74) is 0. The zero-order chi connectivity index (χ0) is 11.8. The summed E-state index contributed by atoms with van der Waals surface area (Å²) in [7, 11) is 0. The molecule has 0 amide bonds. The maximum Gasteiger partial charge on any atom is 0.305 e. The van der Waals surface area contributed by atoms with Gasteiger partial charge in [0.05, 0.1) is 19.6 Å². The summed E-state index contributed by atoms with van der Waals surface area (Å²) in [5.74, 6) is 0.883. The first kappa shape index (κ1) is 13.8. The molecular formula is C11H21NO3S. The number of carbonyl (C=O) groups is 1. The second-order valence-corrected chi connectivity index (χ2v) is 5.06. The van der Waals surface area contributed by atoms with E-state index in [4.69, 9.17) is 9.84 Å². The molecule has 4 nitrogen and oxygen atoms in total. The van der Waals surface area contributed by atoms with Crippen molar-refractivity contribution in [1.82, 2.24) is 4.90 Å². The molecule has 0 radical (unpaired) electrons. The maximum atomic E-state index is 10.3. The van der Waals surface area contributed by atoms with E-state index in [2.05, 4.69) is 11.2 Å². The van der Waals surface area contributed by atoms with Crippen molar-refractivity contribution in [3.05, 3.63) is 0 Å². The second kappa shape index (κ2) is 7.92. The van der Waals surface area contributed by atoms with Gasteiger partial charge in [0, 0.05) is 12.4 Å². The standard InChI is InChI=1S/C11H21NO3S/c1-16-9-12-5-2-3-10(7-12)8-15-6-4-11(13)14/h10H,2-9H2,1H3,(H,13,14)/t10-/m0/s1. The molecule has 1 N–H and O–H groups in total. The predicted octanol–water partition coefficient (Wildman–Crippen LogP) is 1.51. The van der Waals surface area contributed by atoms with Crippen LogP contribution in [-0.2, 0) is 9.53 Å². The molecule has 1 aliphatic rings. The second-order valence-electron chi connectivity index (χ2n) is 4.22. The van der Waals surface area contributed by atoms with E-state index in [1.54, 1.807) is 0 Å². The van der Waals surface area contributed by atoms with Gasteiger partial charge < -0.3 is 9.84 Å². The Kier molecular flexibility index (Phi) is 6.84. The first-order chi connectivity index (χ1) is 7.72. The fraction of sp³-hybridized carbons (Fsp3) is 0.909. The summed E-state index contributed by atoms with van der Waals surface area (Å²) in [4.78, 5) is 12.7. The number of hydrogen-bond acceptors (Lipinski definition) is 4. The van der Waals surface area contributed by atoms with Gasteiger partial charge in [-0.3, -0.25) is 9.69 Å². The minimum atomic E-state index is -0.785. The van der Waals surface area contributed by atoms with Crippen LogP contribution in [-0.4, -0.2) is 54.4 Å². The van der Waals surface area contributed by atoms with E-state index in [0.29, 0.717) is 19.1 Å². The van der Waals surface area contributed by atoms with Crippen molar-refractivity contribution >= 4 is 17.7 Å². The van der Waals surface area contributed by atoms with E-state index in [-0.39, 0.29) is 6.42 Å². The van der Waals surface area contributed by atoms with Crippen LogP contribution in [0.3, 0.4) is 0 Å². The van der Waals surface area contributed by atoms with Crippen LogP contribution in [0.25, 0.3) is 0 Å². The van der Waals surface area contributed by atoms with Crippen LogP contribution < -0.4 is 0 Å². The Bertz CT molecular complexity index is 211. The molecule has 0 aromatic heterocycles. The average Bonchev–Trinajstić information content (AvgIpc) is 2.25. The lowest BCUT2D eigenvalue weighted by Gasteiger charge is -2.31. The Labute approximate surface area is 101 Å². The molecule has 1 atom stereocenters. The quantitative estimate of drug-likeness (QED) is 0.691.